The molecule has 68 valence electrons. The molecule has 12 heavy (non-hydrogen) atoms. The summed E-state index contributed by atoms with van der Waals surface area (Å²) in [5, 5.41) is 0. The van der Waals surface area contributed by atoms with Gasteiger partial charge < -0.3 is 4.74 Å². The van der Waals surface area contributed by atoms with E-state index in [2.05, 4.69) is 13.8 Å². The van der Waals surface area contributed by atoms with Crippen molar-refractivity contribution in [1.29, 1.82) is 0 Å². The van der Waals surface area contributed by atoms with Gasteiger partial charge in [0.25, 0.3) is 0 Å². The first-order valence-electron chi connectivity index (χ1n) is 4.43. The number of hydrogen-bond donors (Lipinski definition) is 0. The van der Waals surface area contributed by atoms with Crippen LogP contribution in [0.4, 0.5) is 0 Å². The van der Waals surface area contributed by atoms with Crippen LogP contribution in [0.5, 0.6) is 0 Å². The molecule has 0 N–H and O–H groups in total. The van der Waals surface area contributed by atoms with Crippen molar-refractivity contribution < 1.29 is 9.53 Å². The molecule has 0 aromatic carbocycles. The first kappa shape index (κ1) is 9.30. The molecule has 0 heterocycles. The van der Waals surface area contributed by atoms with Crippen LogP contribution in [0.15, 0.2) is 11.8 Å². The maximum absolute atomic E-state index is 11.5. The average Bonchev–Trinajstić information content (AvgIpc) is 2.03. The molecule has 2 nitrogen and oxygen atoms in total. The van der Waals surface area contributed by atoms with Gasteiger partial charge in [-0.3, -0.25) is 4.79 Å². The van der Waals surface area contributed by atoms with Gasteiger partial charge in [-0.1, -0.05) is 13.8 Å². The Morgan fingerprint density at radius 3 is 2.67 bits per heavy atom. The third-order valence-electron chi connectivity index (χ3n) is 2.29. The zero-order chi connectivity index (χ0) is 9.14. The van der Waals surface area contributed by atoms with E-state index in [4.69, 9.17) is 4.74 Å². The van der Waals surface area contributed by atoms with E-state index in [0.29, 0.717) is 18.1 Å². The van der Waals surface area contributed by atoms with Crippen LogP contribution in [0, 0.1) is 11.8 Å². The monoisotopic (exact) mass is 168 g/mol. The van der Waals surface area contributed by atoms with Gasteiger partial charge in [-0.15, -0.1) is 0 Å². The Morgan fingerprint density at radius 2 is 2.25 bits per heavy atom. The molecule has 0 bridgehead atoms. The Balaban J connectivity index is 2.82. The molecule has 1 aliphatic rings. The fourth-order valence-electron chi connectivity index (χ4n) is 1.71. The molecule has 1 unspecified atom stereocenters. The Labute approximate surface area is 73.6 Å². The van der Waals surface area contributed by atoms with Gasteiger partial charge in [0.05, 0.1) is 13.0 Å². The molecule has 0 aromatic rings. The molecule has 1 atom stereocenters. The van der Waals surface area contributed by atoms with Crippen LogP contribution in [0.2, 0.25) is 0 Å². The number of ether oxygens (including phenoxy) is 1. The summed E-state index contributed by atoms with van der Waals surface area (Å²) in [5.41, 5.74) is 0. The quantitative estimate of drug-likeness (QED) is 0.631. The van der Waals surface area contributed by atoms with Gasteiger partial charge in [0, 0.05) is 6.42 Å². The van der Waals surface area contributed by atoms with Crippen LogP contribution in [-0.2, 0) is 9.53 Å². The van der Waals surface area contributed by atoms with Crippen LogP contribution in [-0.4, -0.2) is 12.9 Å². The summed E-state index contributed by atoms with van der Waals surface area (Å²) in [5.74, 6) is 1.54. The predicted molar refractivity (Wildman–Crippen MR) is 47.7 cm³/mol. The second kappa shape index (κ2) is 3.74. The normalized spacial score (nSPS) is 24.2. The Hall–Kier alpha value is -0.790. The fourth-order valence-corrected chi connectivity index (χ4v) is 1.71. The van der Waals surface area contributed by atoms with Gasteiger partial charge in [-0.25, -0.2) is 0 Å². The minimum atomic E-state index is 0.00347. The Morgan fingerprint density at radius 1 is 1.58 bits per heavy atom. The van der Waals surface area contributed by atoms with Crippen molar-refractivity contribution in [3.8, 4) is 0 Å². The van der Waals surface area contributed by atoms with E-state index in [1.54, 1.807) is 7.11 Å². The second-order valence-corrected chi connectivity index (χ2v) is 3.54. The first-order valence-corrected chi connectivity index (χ1v) is 4.43. The summed E-state index contributed by atoms with van der Waals surface area (Å²) >= 11 is 0. The minimum Gasteiger partial charge on any atom is -0.501 e. The lowest BCUT2D eigenvalue weighted by atomic mass is 9.84. The van der Waals surface area contributed by atoms with E-state index in [1.807, 2.05) is 6.08 Å². The molecule has 1 aliphatic carbocycles. The van der Waals surface area contributed by atoms with Crippen molar-refractivity contribution in [3.05, 3.63) is 11.8 Å². The van der Waals surface area contributed by atoms with E-state index in [0.717, 1.165) is 12.2 Å². The van der Waals surface area contributed by atoms with Crippen molar-refractivity contribution >= 4 is 5.78 Å². The number of methoxy groups -OCH3 is 1. The number of ketones is 1. The molecule has 0 spiro atoms. The molecule has 1 rings (SSSR count). The smallest absolute Gasteiger partial charge is 0.144 e. The zero-order valence-electron chi connectivity index (χ0n) is 7.96. The minimum absolute atomic E-state index is 0.00347. The van der Waals surface area contributed by atoms with Gasteiger partial charge in [0.1, 0.15) is 11.5 Å². The Bertz CT molecular complexity index is 204. The van der Waals surface area contributed by atoms with Gasteiger partial charge in [0.15, 0.2) is 0 Å². The molecule has 0 saturated heterocycles. The van der Waals surface area contributed by atoms with Crippen molar-refractivity contribution in [2.75, 3.05) is 7.11 Å². The first-order chi connectivity index (χ1) is 5.66. The number of rotatable bonds is 2. The summed E-state index contributed by atoms with van der Waals surface area (Å²) in [4.78, 5) is 11.5. The van der Waals surface area contributed by atoms with Crippen LogP contribution < -0.4 is 0 Å². The van der Waals surface area contributed by atoms with Gasteiger partial charge >= 0.3 is 0 Å². The van der Waals surface area contributed by atoms with Crippen LogP contribution >= 0.6 is 0 Å². The van der Waals surface area contributed by atoms with Crippen molar-refractivity contribution in [2.45, 2.75) is 26.7 Å². The lowest BCUT2D eigenvalue weighted by Crippen LogP contribution is -2.25. The summed E-state index contributed by atoms with van der Waals surface area (Å²) in [7, 11) is 1.64. The van der Waals surface area contributed by atoms with Crippen LogP contribution in [0.25, 0.3) is 0 Å². The zero-order valence-corrected chi connectivity index (χ0v) is 7.96. The van der Waals surface area contributed by atoms with E-state index in [1.165, 1.54) is 0 Å². The van der Waals surface area contributed by atoms with E-state index >= 15 is 0 Å². The number of Topliss-reactive ketones (excluding diaryl/α,β-unsaturated/α-hetero) is 1. The maximum atomic E-state index is 11.5. The lowest BCUT2D eigenvalue weighted by Gasteiger charge is -2.24. The summed E-state index contributed by atoms with van der Waals surface area (Å²) in [6, 6.07) is 0. The van der Waals surface area contributed by atoms with Gasteiger partial charge in [-0.05, 0) is 18.4 Å². The third kappa shape index (κ3) is 1.68. The lowest BCUT2D eigenvalue weighted by molar-refractivity contribution is -0.124. The molecule has 0 fully saturated rings. The molecule has 0 amide bonds. The van der Waals surface area contributed by atoms with Crippen LogP contribution in [0.3, 0.4) is 0 Å². The third-order valence-corrected chi connectivity index (χ3v) is 2.29. The van der Waals surface area contributed by atoms with Gasteiger partial charge in [-0.2, -0.15) is 0 Å². The van der Waals surface area contributed by atoms with E-state index < -0.39 is 0 Å². The van der Waals surface area contributed by atoms with Crippen LogP contribution in [0.1, 0.15) is 26.7 Å². The molecule has 0 radical (unpaired) electrons. The second-order valence-electron chi connectivity index (χ2n) is 3.54. The molecule has 0 aliphatic heterocycles. The summed E-state index contributed by atoms with van der Waals surface area (Å²) in [6.07, 6.45) is 3.55. The molecular weight excluding hydrogens is 152 g/mol. The van der Waals surface area contributed by atoms with E-state index in [-0.39, 0.29) is 5.92 Å². The molecule has 0 saturated carbocycles. The highest BCUT2D eigenvalue weighted by molar-refractivity contribution is 5.84. The van der Waals surface area contributed by atoms with E-state index in [9.17, 15) is 4.79 Å². The summed E-state index contributed by atoms with van der Waals surface area (Å²) in [6.45, 7) is 4.11. The Kier molecular flexibility index (Phi) is 2.90. The fraction of sp³-hybridized carbons (Fsp3) is 0.700. The average molecular weight is 168 g/mol. The number of hydrogen-bond acceptors (Lipinski definition) is 2. The molecular formula is C10H16O2. The number of carbonyl (C=O) groups excluding carboxylic acids is 1. The standard InChI is InChI=1S/C10H16O2/c1-7(2)10-8(11)5-4-6-9(10)12-3/h6-7,10H,4-5H2,1-3H3. The maximum Gasteiger partial charge on any atom is 0.144 e. The number of allylic oxidation sites excluding steroid dienone is 2. The summed E-state index contributed by atoms with van der Waals surface area (Å²) < 4.78 is 5.18. The highest BCUT2D eigenvalue weighted by atomic mass is 16.5. The SMILES string of the molecule is COC1=CCCC(=O)C1C(C)C. The topological polar surface area (TPSA) is 26.3 Å². The highest BCUT2D eigenvalue weighted by Crippen LogP contribution is 2.28. The predicted octanol–water partition coefficient (Wildman–Crippen LogP) is 2.15. The highest BCUT2D eigenvalue weighted by Gasteiger charge is 2.29. The molecule has 2 heteroatoms. The molecule has 0 aromatic heterocycles. The number of carbonyl (C=O) groups is 1. The van der Waals surface area contributed by atoms with Gasteiger partial charge in [0.2, 0.25) is 0 Å². The largest absolute Gasteiger partial charge is 0.501 e. The van der Waals surface area contributed by atoms with Crippen molar-refractivity contribution in [2.24, 2.45) is 11.8 Å². The van der Waals surface area contributed by atoms with Crippen molar-refractivity contribution in [3.63, 3.8) is 0 Å². The van der Waals surface area contributed by atoms with Crippen molar-refractivity contribution in [1.82, 2.24) is 0 Å².